The third kappa shape index (κ3) is 3.00. The van der Waals surface area contributed by atoms with Crippen LogP contribution in [0.5, 0.6) is 0 Å². The molecule has 0 radical (unpaired) electrons. The number of aliphatic hydroxyl groups excluding tert-OH is 1. The lowest BCUT2D eigenvalue weighted by molar-refractivity contribution is -0.0933. The van der Waals surface area contributed by atoms with Crippen LogP contribution in [0.4, 0.5) is 0 Å². The van der Waals surface area contributed by atoms with Crippen molar-refractivity contribution in [3.05, 3.63) is 28.4 Å². The quantitative estimate of drug-likeness (QED) is 0.410. The summed E-state index contributed by atoms with van der Waals surface area (Å²) in [4.78, 5) is 29.1. The van der Waals surface area contributed by atoms with E-state index < -0.39 is 54.7 Å². The number of fused-ring (bicyclic) bond motifs is 2. The number of aliphatic hydroxyl groups is 3. The van der Waals surface area contributed by atoms with Gasteiger partial charge in [-0.3, -0.25) is 9.13 Å². The minimum atomic E-state index is -4.40. The second-order valence-electron chi connectivity index (χ2n) is 8.32. The molecule has 2 fully saturated rings. The summed E-state index contributed by atoms with van der Waals surface area (Å²) in [6.07, 6.45) is -3.06. The Morgan fingerprint density at radius 3 is 2.69 bits per heavy atom. The standard InChI is InChI=1S/C17H24N3O8P/c1-7-5-9-6-20(15(22)19-13(9)18-7)14-11(21)17(24)10(12(17)27-14)8(2)28-29(25,26)16(3,4)23/h5-6,8,10-12,14,21,23-24H,1-4H3,(H,25,26)(H,18,19,22)/t8?,10?,11-,12+,14?,17-/m0/s1. The molecule has 160 valence electrons. The van der Waals surface area contributed by atoms with Gasteiger partial charge in [0.2, 0.25) is 0 Å². The van der Waals surface area contributed by atoms with Crippen LogP contribution in [-0.2, 0) is 13.8 Å². The van der Waals surface area contributed by atoms with Crippen LogP contribution in [0.25, 0.3) is 11.0 Å². The molecule has 0 spiro atoms. The largest absolute Gasteiger partial charge is 0.385 e. The second-order valence-corrected chi connectivity index (χ2v) is 10.7. The molecule has 0 aromatic carbocycles. The predicted molar refractivity (Wildman–Crippen MR) is 100 cm³/mol. The number of ether oxygens (including phenoxy) is 1. The first kappa shape index (κ1) is 20.7. The summed E-state index contributed by atoms with van der Waals surface area (Å²) in [5, 5.41) is 30.0. The van der Waals surface area contributed by atoms with E-state index in [2.05, 4.69) is 9.97 Å². The average molecular weight is 429 g/mol. The number of nitrogens with zero attached hydrogens (tertiary/aromatic N) is 2. The summed E-state index contributed by atoms with van der Waals surface area (Å²) in [6, 6.07) is 1.78. The van der Waals surface area contributed by atoms with Crippen molar-refractivity contribution in [3.63, 3.8) is 0 Å². The third-order valence-corrected chi connectivity index (χ3v) is 7.69. The van der Waals surface area contributed by atoms with Gasteiger partial charge in [-0.05, 0) is 33.8 Å². The van der Waals surface area contributed by atoms with Crippen molar-refractivity contribution in [1.29, 1.82) is 0 Å². The lowest BCUT2D eigenvalue weighted by Gasteiger charge is -2.29. The van der Waals surface area contributed by atoms with Crippen molar-refractivity contribution < 1.29 is 34.0 Å². The highest BCUT2D eigenvalue weighted by Crippen LogP contribution is 2.63. The van der Waals surface area contributed by atoms with Gasteiger partial charge in [-0.2, -0.15) is 4.98 Å². The smallest absolute Gasteiger partial charge is 0.359 e. The summed E-state index contributed by atoms with van der Waals surface area (Å²) in [7, 11) is -4.40. The molecule has 2 aliphatic rings. The van der Waals surface area contributed by atoms with Gasteiger partial charge in [-0.15, -0.1) is 0 Å². The lowest BCUT2D eigenvalue weighted by atomic mass is 10.1. The van der Waals surface area contributed by atoms with E-state index in [9.17, 15) is 29.6 Å². The van der Waals surface area contributed by atoms with Gasteiger partial charge < -0.3 is 34.5 Å². The summed E-state index contributed by atoms with van der Waals surface area (Å²) in [5.74, 6) is -0.807. The van der Waals surface area contributed by atoms with Crippen molar-refractivity contribution >= 4 is 18.6 Å². The molecule has 1 saturated carbocycles. The Balaban J connectivity index is 1.56. The zero-order valence-electron chi connectivity index (χ0n) is 16.3. The Morgan fingerprint density at radius 2 is 2.14 bits per heavy atom. The molecule has 2 aromatic rings. The van der Waals surface area contributed by atoms with Crippen molar-refractivity contribution in [1.82, 2.24) is 14.5 Å². The zero-order chi connectivity index (χ0) is 21.5. The summed E-state index contributed by atoms with van der Waals surface area (Å²) < 4.78 is 24.1. The van der Waals surface area contributed by atoms with Gasteiger partial charge in [-0.1, -0.05) is 0 Å². The predicted octanol–water partition coefficient (Wildman–Crippen LogP) is -0.0289. The molecule has 5 N–H and O–H groups in total. The van der Waals surface area contributed by atoms with Crippen LogP contribution < -0.4 is 5.69 Å². The minimum absolute atomic E-state index is 0.408. The van der Waals surface area contributed by atoms with Crippen LogP contribution in [0, 0.1) is 12.8 Å². The SMILES string of the molecule is Cc1cc2cn(C3O[C@@H]4C(C(C)OP(=O)(O)C(C)(C)O)[C@]4(O)[C@H]3O)c(=O)nc2[nH]1. The van der Waals surface area contributed by atoms with Gasteiger partial charge >= 0.3 is 13.3 Å². The molecule has 0 bridgehead atoms. The van der Waals surface area contributed by atoms with Gasteiger partial charge in [0.05, 0.1) is 6.10 Å². The van der Waals surface area contributed by atoms with Crippen molar-refractivity contribution in [2.75, 3.05) is 0 Å². The maximum absolute atomic E-state index is 12.4. The van der Waals surface area contributed by atoms with Crippen LogP contribution in [0.15, 0.2) is 17.1 Å². The summed E-state index contributed by atoms with van der Waals surface area (Å²) in [6.45, 7) is 5.54. The lowest BCUT2D eigenvalue weighted by Crippen LogP contribution is -2.41. The van der Waals surface area contributed by atoms with Crippen molar-refractivity contribution in [2.45, 2.75) is 63.2 Å². The molecule has 11 nitrogen and oxygen atoms in total. The zero-order valence-corrected chi connectivity index (χ0v) is 17.2. The first-order chi connectivity index (χ1) is 13.3. The van der Waals surface area contributed by atoms with E-state index in [4.69, 9.17) is 9.26 Å². The first-order valence-electron chi connectivity index (χ1n) is 9.15. The number of aromatic nitrogens is 3. The van der Waals surface area contributed by atoms with Crippen LogP contribution in [0.2, 0.25) is 0 Å². The van der Waals surface area contributed by atoms with Crippen LogP contribution >= 0.6 is 7.60 Å². The van der Waals surface area contributed by atoms with E-state index in [0.717, 1.165) is 24.1 Å². The molecular formula is C17H24N3O8P. The molecule has 3 heterocycles. The third-order valence-electron chi connectivity index (χ3n) is 5.68. The highest BCUT2D eigenvalue weighted by atomic mass is 31.2. The first-order valence-corrected chi connectivity index (χ1v) is 10.7. The molecule has 0 amide bonds. The Bertz CT molecular complexity index is 1070. The molecule has 29 heavy (non-hydrogen) atoms. The van der Waals surface area contributed by atoms with Gasteiger partial charge in [0.15, 0.2) is 11.6 Å². The fraction of sp³-hybridized carbons (Fsp3) is 0.647. The highest BCUT2D eigenvalue weighted by Gasteiger charge is 2.78. The molecule has 7 atom stereocenters. The Hall–Kier alpha value is -1.59. The molecule has 1 aliphatic heterocycles. The van der Waals surface area contributed by atoms with Crippen molar-refractivity contribution in [3.8, 4) is 0 Å². The fourth-order valence-electron chi connectivity index (χ4n) is 3.99. The molecule has 4 unspecified atom stereocenters. The number of aryl methyl sites for hydroxylation is 1. The maximum Gasteiger partial charge on any atom is 0.359 e. The number of aromatic amines is 1. The van der Waals surface area contributed by atoms with E-state index >= 15 is 0 Å². The van der Waals surface area contributed by atoms with Crippen LogP contribution in [0.1, 0.15) is 32.7 Å². The molecular weight excluding hydrogens is 405 g/mol. The number of hydrogen-bond donors (Lipinski definition) is 5. The van der Waals surface area contributed by atoms with Gasteiger partial charge in [0.1, 0.15) is 23.5 Å². The van der Waals surface area contributed by atoms with E-state index in [0.29, 0.717) is 11.0 Å². The Labute approximate surface area is 165 Å². The Morgan fingerprint density at radius 1 is 1.48 bits per heavy atom. The van der Waals surface area contributed by atoms with Gasteiger partial charge in [0.25, 0.3) is 0 Å². The van der Waals surface area contributed by atoms with E-state index in [1.807, 2.05) is 6.92 Å². The second kappa shape index (κ2) is 6.21. The number of H-pyrrole nitrogens is 1. The number of nitrogens with one attached hydrogen (secondary N) is 1. The molecule has 4 rings (SSSR count). The Kier molecular flexibility index (Phi) is 4.43. The van der Waals surface area contributed by atoms with E-state index in [1.165, 1.54) is 13.1 Å². The molecule has 1 saturated heterocycles. The van der Waals surface area contributed by atoms with E-state index in [1.54, 1.807) is 6.07 Å². The summed E-state index contributed by atoms with van der Waals surface area (Å²) in [5.41, 5.74) is -1.20. The van der Waals surface area contributed by atoms with Crippen molar-refractivity contribution in [2.24, 2.45) is 5.92 Å². The number of hydrogen-bond acceptors (Lipinski definition) is 8. The molecule has 1 aliphatic carbocycles. The molecule has 2 aromatic heterocycles. The highest BCUT2D eigenvalue weighted by molar-refractivity contribution is 7.54. The van der Waals surface area contributed by atoms with Crippen LogP contribution in [0.3, 0.4) is 0 Å². The normalized spacial score (nSPS) is 34.8. The topological polar surface area (TPSA) is 167 Å². The maximum atomic E-state index is 12.4. The van der Waals surface area contributed by atoms with Gasteiger partial charge in [0, 0.05) is 23.2 Å². The summed E-state index contributed by atoms with van der Waals surface area (Å²) >= 11 is 0. The molecule has 12 heteroatoms. The monoisotopic (exact) mass is 429 g/mol. The van der Waals surface area contributed by atoms with E-state index in [-0.39, 0.29) is 0 Å². The minimum Gasteiger partial charge on any atom is -0.385 e. The average Bonchev–Trinajstić information content (AvgIpc) is 2.86. The fourth-order valence-corrected chi connectivity index (χ4v) is 4.83. The van der Waals surface area contributed by atoms with Gasteiger partial charge in [-0.25, -0.2) is 4.79 Å². The number of rotatable bonds is 5. The van der Waals surface area contributed by atoms with Crippen LogP contribution in [-0.4, -0.2) is 64.0 Å².